The number of rotatable bonds is 0. The molecule has 0 aromatic heterocycles. The highest BCUT2D eigenvalue weighted by Crippen LogP contribution is 2.35. The van der Waals surface area contributed by atoms with E-state index in [1.54, 1.807) is 6.08 Å². The van der Waals surface area contributed by atoms with Gasteiger partial charge < -0.3 is 0 Å². The first kappa shape index (κ1) is 12.0. The molecule has 0 radical (unpaired) electrons. The Morgan fingerprint density at radius 3 is 2.43 bits per heavy atom. The normalized spacial score (nSPS) is 19.0. The van der Waals surface area contributed by atoms with Crippen molar-refractivity contribution >= 4 is 36.5 Å². The predicted octanol–water partition coefficient (Wildman–Crippen LogP) is 4.30. The topological polar surface area (TPSA) is 12.4 Å². The van der Waals surface area contributed by atoms with Gasteiger partial charge in [-0.1, -0.05) is 5.57 Å². The molecule has 0 fully saturated rings. The molecule has 1 aliphatic rings. The van der Waals surface area contributed by atoms with Gasteiger partial charge in [-0.2, -0.15) is 13.2 Å². The van der Waals surface area contributed by atoms with E-state index in [0.29, 0.717) is 4.61 Å². The van der Waals surface area contributed by atoms with Crippen molar-refractivity contribution in [3.63, 3.8) is 0 Å². The molecule has 14 heavy (non-hydrogen) atoms. The summed E-state index contributed by atoms with van der Waals surface area (Å²) in [7, 11) is 0. The van der Waals surface area contributed by atoms with Crippen LogP contribution in [0.15, 0.2) is 26.8 Å². The molecule has 0 bridgehead atoms. The Kier molecular flexibility index (Phi) is 3.58. The van der Waals surface area contributed by atoms with Crippen LogP contribution in [-0.2, 0) is 0 Å². The summed E-state index contributed by atoms with van der Waals surface area (Å²) in [5.74, 6) is 0. The Balaban J connectivity index is 3.22. The van der Waals surface area contributed by atoms with Crippen molar-refractivity contribution in [1.29, 1.82) is 0 Å². The maximum Gasteiger partial charge on any atom is 0.418 e. The van der Waals surface area contributed by atoms with Crippen LogP contribution in [0.1, 0.15) is 13.3 Å². The van der Waals surface area contributed by atoms with Crippen LogP contribution < -0.4 is 0 Å². The fourth-order valence-electron chi connectivity index (χ4n) is 1.07. The molecule has 0 saturated carbocycles. The second kappa shape index (κ2) is 4.18. The number of allylic oxidation sites excluding steroid dienone is 3. The summed E-state index contributed by atoms with van der Waals surface area (Å²) in [5, 5.41) is 0. The van der Waals surface area contributed by atoms with Crippen LogP contribution in [0.3, 0.4) is 0 Å². The van der Waals surface area contributed by atoms with Gasteiger partial charge in [0.2, 0.25) is 0 Å². The number of hydrogen-bond donors (Lipinski definition) is 0. The van der Waals surface area contributed by atoms with Gasteiger partial charge in [0.05, 0.1) is 5.57 Å². The van der Waals surface area contributed by atoms with Gasteiger partial charge in [0.15, 0.2) is 0 Å². The summed E-state index contributed by atoms with van der Waals surface area (Å²) in [6.07, 6.45) is -2.53. The number of hydrogen-bond acceptors (Lipinski definition) is 1. The average molecular weight is 333 g/mol. The molecule has 0 saturated heterocycles. The summed E-state index contributed by atoms with van der Waals surface area (Å²) in [6, 6.07) is 0. The van der Waals surface area contributed by atoms with Gasteiger partial charge in [0, 0.05) is 0 Å². The molecule has 6 heteroatoms. The van der Waals surface area contributed by atoms with Crippen molar-refractivity contribution in [3.8, 4) is 0 Å². The smallest absolute Gasteiger partial charge is 0.234 e. The second-order valence-corrected chi connectivity index (χ2v) is 4.35. The standard InChI is InChI=1S/C8H6Br2F3N/c1-4-2-3-5(9)14-7(10)6(4)8(11,12)13/h3H,2H2,1H3. The van der Waals surface area contributed by atoms with E-state index in [2.05, 4.69) is 36.9 Å². The zero-order valence-electron chi connectivity index (χ0n) is 7.12. The van der Waals surface area contributed by atoms with Gasteiger partial charge >= 0.3 is 6.18 Å². The molecule has 1 nitrogen and oxygen atoms in total. The Morgan fingerprint density at radius 1 is 1.36 bits per heavy atom. The summed E-state index contributed by atoms with van der Waals surface area (Å²) in [6.45, 7) is 1.45. The lowest BCUT2D eigenvalue weighted by atomic mass is 10.1. The molecule has 1 rings (SSSR count). The molecule has 0 N–H and O–H groups in total. The Morgan fingerprint density at radius 2 is 1.93 bits per heavy atom. The first-order valence-electron chi connectivity index (χ1n) is 3.69. The maximum atomic E-state index is 12.5. The minimum Gasteiger partial charge on any atom is -0.234 e. The van der Waals surface area contributed by atoms with Gasteiger partial charge in [0.25, 0.3) is 0 Å². The number of aliphatic imine (C=N–C) groups is 1. The maximum absolute atomic E-state index is 12.5. The van der Waals surface area contributed by atoms with E-state index in [-0.39, 0.29) is 16.6 Å². The monoisotopic (exact) mass is 331 g/mol. The second-order valence-electron chi connectivity index (χ2n) is 2.79. The van der Waals surface area contributed by atoms with Gasteiger partial charge in [0.1, 0.15) is 9.23 Å². The van der Waals surface area contributed by atoms with Gasteiger partial charge in [-0.15, -0.1) is 0 Å². The SMILES string of the molecule is CC1=C(C(F)(F)F)C(Br)=NC(Br)=CC1. The third-order valence-corrected chi connectivity index (χ3v) is 2.77. The zero-order chi connectivity index (χ0) is 10.9. The number of halogens is 5. The minimum absolute atomic E-state index is 0.178. The quantitative estimate of drug-likeness (QED) is 0.586. The lowest BCUT2D eigenvalue weighted by Crippen LogP contribution is -2.18. The van der Waals surface area contributed by atoms with Crippen LogP contribution in [0.4, 0.5) is 13.2 Å². The molecule has 0 unspecified atom stereocenters. The molecular weight excluding hydrogens is 327 g/mol. The van der Waals surface area contributed by atoms with Crippen LogP contribution in [-0.4, -0.2) is 10.8 Å². The van der Waals surface area contributed by atoms with Crippen molar-refractivity contribution in [2.24, 2.45) is 4.99 Å². The molecule has 0 aromatic carbocycles. The fraction of sp³-hybridized carbons (Fsp3) is 0.375. The van der Waals surface area contributed by atoms with Crippen molar-refractivity contribution in [2.45, 2.75) is 19.5 Å². The highest BCUT2D eigenvalue weighted by molar-refractivity contribution is 9.18. The molecule has 1 heterocycles. The van der Waals surface area contributed by atoms with E-state index < -0.39 is 11.7 Å². The van der Waals surface area contributed by atoms with E-state index in [1.807, 2.05) is 0 Å². The van der Waals surface area contributed by atoms with Gasteiger partial charge in [-0.25, -0.2) is 4.99 Å². The van der Waals surface area contributed by atoms with E-state index in [0.717, 1.165) is 0 Å². The van der Waals surface area contributed by atoms with Crippen LogP contribution in [0, 0.1) is 0 Å². The summed E-state index contributed by atoms with van der Waals surface area (Å²) in [4.78, 5) is 3.71. The lowest BCUT2D eigenvalue weighted by Gasteiger charge is -2.12. The van der Waals surface area contributed by atoms with Crippen LogP contribution >= 0.6 is 31.9 Å². The molecule has 1 aliphatic heterocycles. The van der Waals surface area contributed by atoms with Crippen LogP contribution in [0.25, 0.3) is 0 Å². The lowest BCUT2D eigenvalue weighted by molar-refractivity contribution is -0.0865. The molecule has 0 aromatic rings. The van der Waals surface area contributed by atoms with Crippen LogP contribution in [0.2, 0.25) is 0 Å². The number of nitrogens with zero attached hydrogens (tertiary/aromatic N) is 1. The molecule has 78 valence electrons. The van der Waals surface area contributed by atoms with Crippen molar-refractivity contribution in [2.75, 3.05) is 0 Å². The van der Waals surface area contributed by atoms with E-state index in [9.17, 15) is 13.2 Å². The van der Waals surface area contributed by atoms with Gasteiger partial charge in [-0.3, -0.25) is 0 Å². The average Bonchev–Trinajstić information content (AvgIpc) is 2.08. The number of alkyl halides is 3. The molecule has 0 atom stereocenters. The molecule has 0 spiro atoms. The van der Waals surface area contributed by atoms with Gasteiger partial charge in [-0.05, 0) is 51.3 Å². The Hall–Kier alpha value is -0.100. The van der Waals surface area contributed by atoms with E-state index in [1.165, 1.54) is 6.92 Å². The van der Waals surface area contributed by atoms with Crippen molar-refractivity contribution in [3.05, 3.63) is 21.8 Å². The Labute approximate surface area is 96.0 Å². The third-order valence-electron chi connectivity index (χ3n) is 1.70. The predicted molar refractivity (Wildman–Crippen MR) is 56.7 cm³/mol. The molecular formula is C8H6Br2F3N. The van der Waals surface area contributed by atoms with Crippen molar-refractivity contribution in [1.82, 2.24) is 0 Å². The third kappa shape index (κ3) is 2.70. The minimum atomic E-state index is -4.36. The van der Waals surface area contributed by atoms with E-state index in [4.69, 9.17) is 0 Å². The van der Waals surface area contributed by atoms with E-state index >= 15 is 0 Å². The van der Waals surface area contributed by atoms with Crippen molar-refractivity contribution < 1.29 is 13.2 Å². The highest BCUT2D eigenvalue weighted by atomic mass is 79.9. The largest absolute Gasteiger partial charge is 0.418 e. The first-order valence-corrected chi connectivity index (χ1v) is 5.28. The highest BCUT2D eigenvalue weighted by Gasteiger charge is 2.38. The molecule has 0 aliphatic carbocycles. The fourth-order valence-corrected chi connectivity index (χ4v) is 2.40. The van der Waals surface area contributed by atoms with Crippen LogP contribution in [0.5, 0.6) is 0 Å². The zero-order valence-corrected chi connectivity index (χ0v) is 10.3. The summed E-state index contributed by atoms with van der Waals surface area (Å²) >= 11 is 5.87. The molecule has 0 amide bonds. The Bertz CT molecular complexity index is 339. The first-order chi connectivity index (χ1) is 6.32. The summed E-state index contributed by atoms with van der Waals surface area (Å²) in [5.41, 5.74) is -0.439. The summed E-state index contributed by atoms with van der Waals surface area (Å²) < 4.78 is 37.9.